The Bertz CT molecular complexity index is 866. The van der Waals surface area contributed by atoms with Crippen LogP contribution in [-0.2, 0) is 6.42 Å². The number of phenolic OH excluding ortho intramolecular Hbond substituents is 2. The molecule has 2 N–H and O–H groups in total. The summed E-state index contributed by atoms with van der Waals surface area (Å²) >= 11 is 5.76. The molecular formula is C20H20ClNO4. The maximum absolute atomic E-state index is 12.2. The zero-order valence-electron chi connectivity index (χ0n) is 14.8. The minimum atomic E-state index is -0.345. The predicted octanol–water partition coefficient (Wildman–Crippen LogP) is 4.56. The van der Waals surface area contributed by atoms with Gasteiger partial charge in [-0.1, -0.05) is 23.3 Å². The Kier molecular flexibility index (Phi) is 6.41. The second kappa shape index (κ2) is 8.54. The molecule has 26 heavy (non-hydrogen) atoms. The topological polar surface area (TPSA) is 79.6 Å². The van der Waals surface area contributed by atoms with E-state index in [9.17, 15) is 15.0 Å². The summed E-state index contributed by atoms with van der Waals surface area (Å²) in [6.07, 6.45) is 6.36. The lowest BCUT2D eigenvalue weighted by Gasteiger charge is -2.13. The zero-order valence-corrected chi connectivity index (χ0v) is 15.5. The summed E-state index contributed by atoms with van der Waals surface area (Å²) in [5, 5.41) is 21.1. The number of rotatable bonds is 6. The second-order valence-corrected chi connectivity index (χ2v) is 6.32. The van der Waals surface area contributed by atoms with Crippen molar-refractivity contribution >= 4 is 23.5 Å². The fraction of sp³-hybridized carbons (Fsp3) is 0.200. The van der Waals surface area contributed by atoms with E-state index < -0.39 is 0 Å². The third-order valence-electron chi connectivity index (χ3n) is 3.70. The monoisotopic (exact) mass is 373 g/mol. The summed E-state index contributed by atoms with van der Waals surface area (Å²) in [7, 11) is 1.42. The molecule has 0 radical (unpaired) electrons. The van der Waals surface area contributed by atoms with Crippen molar-refractivity contribution in [2.24, 2.45) is 0 Å². The normalized spacial score (nSPS) is 10.8. The number of nitrogens with zero attached hydrogens (tertiary/aromatic N) is 1. The van der Waals surface area contributed by atoms with E-state index in [0.29, 0.717) is 22.6 Å². The van der Waals surface area contributed by atoms with Gasteiger partial charge in [0.05, 0.1) is 17.7 Å². The molecule has 0 saturated carbocycles. The van der Waals surface area contributed by atoms with E-state index in [2.05, 4.69) is 4.98 Å². The number of pyridine rings is 1. The first kappa shape index (κ1) is 19.5. The quantitative estimate of drug-likeness (QED) is 0.441. The van der Waals surface area contributed by atoms with Crippen molar-refractivity contribution < 1.29 is 19.7 Å². The molecule has 0 amide bonds. The number of ketones is 1. The smallest absolute Gasteiger partial charge is 0.204 e. The SMILES string of the molecule is COc1cc(O)c(CC=C(C)C)c(O)c1/C=C/C(=O)c1ccc(Cl)cn1. The van der Waals surface area contributed by atoms with Crippen LogP contribution in [0.15, 0.2) is 42.1 Å². The minimum absolute atomic E-state index is 0.0697. The first-order chi connectivity index (χ1) is 12.3. The summed E-state index contributed by atoms with van der Waals surface area (Å²) in [4.78, 5) is 16.2. The van der Waals surface area contributed by atoms with Crippen LogP contribution in [0.1, 0.15) is 35.5 Å². The van der Waals surface area contributed by atoms with Crippen molar-refractivity contribution in [3.8, 4) is 17.2 Å². The molecule has 5 nitrogen and oxygen atoms in total. The molecule has 1 aromatic carbocycles. The molecule has 0 aliphatic heterocycles. The van der Waals surface area contributed by atoms with Crippen molar-refractivity contribution in [1.29, 1.82) is 0 Å². The van der Waals surface area contributed by atoms with Gasteiger partial charge in [-0.05, 0) is 44.6 Å². The molecule has 0 bridgehead atoms. The maximum atomic E-state index is 12.2. The Morgan fingerprint density at radius 1 is 1.31 bits per heavy atom. The number of halogens is 1. The largest absolute Gasteiger partial charge is 0.507 e. The van der Waals surface area contributed by atoms with Crippen molar-refractivity contribution in [1.82, 2.24) is 4.98 Å². The molecule has 2 rings (SSSR count). The highest BCUT2D eigenvalue weighted by molar-refractivity contribution is 6.30. The van der Waals surface area contributed by atoms with Gasteiger partial charge in [-0.3, -0.25) is 9.78 Å². The van der Waals surface area contributed by atoms with E-state index in [-0.39, 0.29) is 28.7 Å². The summed E-state index contributed by atoms with van der Waals surface area (Å²) in [6, 6.07) is 4.51. The number of aromatic nitrogens is 1. The van der Waals surface area contributed by atoms with Crippen molar-refractivity contribution in [2.75, 3.05) is 7.11 Å². The molecular weight excluding hydrogens is 354 g/mol. The number of hydrogen-bond acceptors (Lipinski definition) is 5. The van der Waals surface area contributed by atoms with Crippen LogP contribution in [0.2, 0.25) is 5.02 Å². The number of hydrogen-bond donors (Lipinski definition) is 2. The molecule has 0 unspecified atom stereocenters. The average molecular weight is 374 g/mol. The number of allylic oxidation sites excluding steroid dienone is 3. The summed E-state index contributed by atoms with van der Waals surface area (Å²) in [5.74, 6) is -0.289. The van der Waals surface area contributed by atoms with Gasteiger partial charge in [0.1, 0.15) is 22.9 Å². The number of methoxy groups -OCH3 is 1. The van der Waals surface area contributed by atoms with Crippen LogP contribution in [0.25, 0.3) is 6.08 Å². The van der Waals surface area contributed by atoms with Crippen LogP contribution in [0, 0.1) is 0 Å². The number of aromatic hydroxyl groups is 2. The van der Waals surface area contributed by atoms with Crippen LogP contribution in [0.4, 0.5) is 0 Å². The maximum Gasteiger partial charge on any atom is 0.204 e. The van der Waals surface area contributed by atoms with E-state index in [0.717, 1.165) is 5.57 Å². The Hall–Kier alpha value is -2.79. The van der Waals surface area contributed by atoms with Gasteiger partial charge in [0.15, 0.2) is 0 Å². The lowest BCUT2D eigenvalue weighted by atomic mass is 10.0. The van der Waals surface area contributed by atoms with Crippen LogP contribution in [0.5, 0.6) is 17.2 Å². The van der Waals surface area contributed by atoms with Gasteiger partial charge in [0.25, 0.3) is 0 Å². The highest BCUT2D eigenvalue weighted by atomic mass is 35.5. The first-order valence-electron chi connectivity index (χ1n) is 7.92. The molecule has 6 heteroatoms. The fourth-order valence-electron chi connectivity index (χ4n) is 2.29. The van der Waals surface area contributed by atoms with E-state index in [1.807, 2.05) is 19.9 Å². The minimum Gasteiger partial charge on any atom is -0.507 e. The van der Waals surface area contributed by atoms with E-state index >= 15 is 0 Å². The first-order valence-corrected chi connectivity index (χ1v) is 8.30. The number of carbonyl (C=O) groups excluding carboxylic acids is 1. The second-order valence-electron chi connectivity index (χ2n) is 5.88. The van der Waals surface area contributed by atoms with E-state index in [1.165, 1.54) is 37.6 Å². The van der Waals surface area contributed by atoms with Gasteiger partial charge in [-0.2, -0.15) is 0 Å². The number of phenols is 2. The molecule has 1 heterocycles. The molecule has 0 fully saturated rings. The van der Waals surface area contributed by atoms with Gasteiger partial charge in [0, 0.05) is 17.8 Å². The fourth-order valence-corrected chi connectivity index (χ4v) is 2.40. The lowest BCUT2D eigenvalue weighted by Crippen LogP contribution is -1.98. The molecule has 0 spiro atoms. The molecule has 2 aromatic rings. The van der Waals surface area contributed by atoms with E-state index in [4.69, 9.17) is 16.3 Å². The van der Waals surface area contributed by atoms with Crippen molar-refractivity contribution in [2.45, 2.75) is 20.3 Å². The Morgan fingerprint density at radius 2 is 2.04 bits per heavy atom. The molecule has 0 saturated heterocycles. The van der Waals surface area contributed by atoms with Crippen LogP contribution < -0.4 is 4.74 Å². The van der Waals surface area contributed by atoms with Crippen LogP contribution in [-0.4, -0.2) is 28.1 Å². The molecule has 1 aromatic heterocycles. The van der Waals surface area contributed by atoms with E-state index in [1.54, 1.807) is 6.07 Å². The summed E-state index contributed by atoms with van der Waals surface area (Å²) in [6.45, 7) is 3.85. The van der Waals surface area contributed by atoms with Gasteiger partial charge in [-0.25, -0.2) is 0 Å². The highest BCUT2D eigenvalue weighted by Gasteiger charge is 2.16. The molecule has 0 atom stereocenters. The highest BCUT2D eigenvalue weighted by Crippen LogP contribution is 2.39. The van der Waals surface area contributed by atoms with Crippen molar-refractivity contribution in [3.63, 3.8) is 0 Å². The average Bonchev–Trinajstić information content (AvgIpc) is 2.60. The van der Waals surface area contributed by atoms with Crippen LogP contribution >= 0.6 is 11.6 Å². The Labute approximate surface area is 157 Å². The third-order valence-corrected chi connectivity index (χ3v) is 3.92. The molecule has 136 valence electrons. The van der Waals surface area contributed by atoms with Crippen LogP contribution in [0.3, 0.4) is 0 Å². The van der Waals surface area contributed by atoms with Crippen molar-refractivity contribution in [3.05, 3.63) is 64.0 Å². The number of benzene rings is 1. The lowest BCUT2D eigenvalue weighted by molar-refractivity contribution is 0.104. The Balaban J connectivity index is 2.40. The van der Waals surface area contributed by atoms with Gasteiger partial charge >= 0.3 is 0 Å². The summed E-state index contributed by atoms with van der Waals surface area (Å²) in [5.41, 5.74) is 1.96. The summed E-state index contributed by atoms with van der Waals surface area (Å²) < 4.78 is 5.21. The molecule has 0 aliphatic rings. The molecule has 0 aliphatic carbocycles. The number of ether oxygens (including phenoxy) is 1. The Morgan fingerprint density at radius 3 is 2.62 bits per heavy atom. The third kappa shape index (κ3) is 4.64. The zero-order chi connectivity index (χ0) is 19.3. The predicted molar refractivity (Wildman–Crippen MR) is 102 cm³/mol. The number of carbonyl (C=O) groups is 1. The van der Waals surface area contributed by atoms with Gasteiger partial charge in [-0.15, -0.1) is 0 Å². The standard InChI is InChI=1S/C20H20ClNO4/c1-12(2)4-6-14-18(24)10-19(26-3)15(20(14)25)7-9-17(23)16-8-5-13(21)11-22-16/h4-5,7-11,24-25H,6H2,1-3H3/b9-7+. The van der Waals surface area contributed by atoms with Gasteiger partial charge < -0.3 is 14.9 Å². The van der Waals surface area contributed by atoms with Gasteiger partial charge in [0.2, 0.25) is 5.78 Å².